The monoisotopic (exact) mass is 406 g/mol. The Morgan fingerprint density at radius 3 is 2.57 bits per heavy atom. The van der Waals surface area contributed by atoms with Crippen LogP contribution in [-0.2, 0) is 9.47 Å². The quantitative estimate of drug-likeness (QED) is 0.470. The maximum atomic E-state index is 13.5. The van der Waals surface area contributed by atoms with E-state index in [0.717, 1.165) is 5.39 Å². The molecule has 3 heterocycles. The van der Waals surface area contributed by atoms with Crippen LogP contribution in [0.2, 0.25) is 0 Å². The highest BCUT2D eigenvalue weighted by Gasteiger charge is 2.30. The van der Waals surface area contributed by atoms with Crippen LogP contribution in [0.3, 0.4) is 0 Å². The number of anilines is 1. The van der Waals surface area contributed by atoms with Gasteiger partial charge in [0.15, 0.2) is 5.58 Å². The Labute approximate surface area is 171 Å². The highest BCUT2D eigenvalue weighted by molar-refractivity contribution is 6.20. The van der Waals surface area contributed by atoms with Crippen molar-refractivity contribution in [3.63, 3.8) is 0 Å². The molecule has 2 aromatic carbocycles. The summed E-state index contributed by atoms with van der Waals surface area (Å²) in [5.74, 6) is -0.363. The number of esters is 1. The van der Waals surface area contributed by atoms with E-state index in [4.69, 9.17) is 18.9 Å². The minimum Gasteiger partial charge on any atom is -0.465 e. The van der Waals surface area contributed by atoms with Crippen molar-refractivity contribution in [1.29, 1.82) is 0 Å². The number of nitrogens with zero attached hydrogens (tertiary/aromatic N) is 2. The summed E-state index contributed by atoms with van der Waals surface area (Å²) in [4.78, 5) is 19.6. The molecule has 1 aliphatic heterocycles. The number of halogens is 1. The normalized spacial score (nSPS) is 14.4. The van der Waals surface area contributed by atoms with Gasteiger partial charge in [-0.2, -0.15) is 0 Å². The van der Waals surface area contributed by atoms with Crippen molar-refractivity contribution in [1.82, 2.24) is 4.98 Å². The number of benzene rings is 2. The molecule has 152 valence electrons. The number of fused-ring (bicyclic) bond motifs is 3. The molecule has 0 amide bonds. The minimum absolute atomic E-state index is 0.334. The lowest BCUT2D eigenvalue weighted by molar-refractivity contribution is 0.0601. The Hall–Kier alpha value is -3.45. The van der Waals surface area contributed by atoms with Gasteiger partial charge in [-0.15, -0.1) is 0 Å². The molecular weight excluding hydrogens is 387 g/mol. The van der Waals surface area contributed by atoms with E-state index in [1.165, 1.54) is 19.2 Å². The van der Waals surface area contributed by atoms with E-state index in [0.29, 0.717) is 65.5 Å². The summed E-state index contributed by atoms with van der Waals surface area (Å²) >= 11 is 0. The molecule has 2 aromatic heterocycles. The molecule has 0 radical (unpaired) electrons. The van der Waals surface area contributed by atoms with E-state index in [2.05, 4.69) is 0 Å². The molecule has 0 atom stereocenters. The molecule has 5 rings (SSSR count). The number of aromatic nitrogens is 1. The number of ether oxygens (including phenoxy) is 2. The summed E-state index contributed by atoms with van der Waals surface area (Å²) in [6.45, 7) is 2.28. The summed E-state index contributed by atoms with van der Waals surface area (Å²) in [6, 6.07) is 13.6. The van der Waals surface area contributed by atoms with Crippen LogP contribution in [0.4, 0.5) is 10.3 Å². The number of carbonyl (C=O) groups excluding carboxylic acids is 1. The first-order valence-electron chi connectivity index (χ1n) is 9.69. The van der Waals surface area contributed by atoms with Gasteiger partial charge in [-0.05, 0) is 30.3 Å². The predicted octanol–water partition coefficient (Wildman–Crippen LogP) is 4.41. The van der Waals surface area contributed by atoms with Crippen molar-refractivity contribution in [2.45, 2.75) is 0 Å². The molecule has 0 spiro atoms. The third-order valence-corrected chi connectivity index (χ3v) is 5.32. The lowest BCUT2D eigenvalue weighted by atomic mass is 10.0. The van der Waals surface area contributed by atoms with E-state index in [1.54, 1.807) is 12.1 Å². The van der Waals surface area contributed by atoms with Crippen molar-refractivity contribution >= 4 is 33.7 Å². The fraction of sp³-hybridized carbons (Fsp3) is 0.217. The number of morpholine rings is 1. The molecule has 0 unspecified atom stereocenters. The average molecular weight is 406 g/mol. The number of carbonyl (C=O) groups is 1. The van der Waals surface area contributed by atoms with Gasteiger partial charge < -0.3 is 18.8 Å². The van der Waals surface area contributed by atoms with Gasteiger partial charge in [-0.25, -0.2) is 14.2 Å². The van der Waals surface area contributed by atoms with Gasteiger partial charge in [0.25, 0.3) is 0 Å². The fourth-order valence-corrected chi connectivity index (χ4v) is 3.88. The standard InChI is InChI=1S/C23H19FN2O4/c1-28-23(27)19-18-16-4-2-3-5-17(16)25-20(14-6-8-15(24)9-7-14)21(18)30-22(19)26-10-12-29-13-11-26/h2-9H,10-13H2,1H3. The van der Waals surface area contributed by atoms with E-state index in [-0.39, 0.29) is 5.82 Å². The number of pyridine rings is 1. The van der Waals surface area contributed by atoms with Crippen LogP contribution < -0.4 is 4.90 Å². The summed E-state index contributed by atoms with van der Waals surface area (Å²) in [7, 11) is 1.36. The Morgan fingerprint density at radius 2 is 1.83 bits per heavy atom. The summed E-state index contributed by atoms with van der Waals surface area (Å²) in [6.07, 6.45) is 0. The van der Waals surface area contributed by atoms with Gasteiger partial charge >= 0.3 is 5.97 Å². The van der Waals surface area contributed by atoms with Crippen molar-refractivity contribution < 1.29 is 23.1 Å². The van der Waals surface area contributed by atoms with E-state index in [1.807, 2.05) is 29.2 Å². The fourth-order valence-electron chi connectivity index (χ4n) is 3.88. The molecule has 0 saturated carbocycles. The second-order valence-corrected chi connectivity index (χ2v) is 7.06. The number of hydrogen-bond donors (Lipinski definition) is 0. The number of rotatable bonds is 3. The van der Waals surface area contributed by atoms with E-state index < -0.39 is 5.97 Å². The Bertz CT molecular complexity index is 1240. The number of hydrogen-bond acceptors (Lipinski definition) is 6. The summed E-state index contributed by atoms with van der Waals surface area (Å²) in [5, 5.41) is 1.44. The van der Waals surface area contributed by atoms with Crippen LogP contribution in [0.5, 0.6) is 0 Å². The highest BCUT2D eigenvalue weighted by atomic mass is 19.1. The van der Waals surface area contributed by atoms with Crippen molar-refractivity contribution in [2.24, 2.45) is 0 Å². The first-order chi connectivity index (χ1) is 14.7. The molecule has 1 aliphatic rings. The van der Waals surface area contributed by atoms with Crippen LogP contribution in [0.1, 0.15) is 10.4 Å². The van der Waals surface area contributed by atoms with E-state index >= 15 is 0 Å². The van der Waals surface area contributed by atoms with Gasteiger partial charge in [-0.3, -0.25) is 0 Å². The molecule has 1 saturated heterocycles. The van der Waals surface area contributed by atoms with Gasteiger partial charge in [0.1, 0.15) is 17.1 Å². The number of para-hydroxylation sites is 1. The zero-order valence-electron chi connectivity index (χ0n) is 16.4. The largest absolute Gasteiger partial charge is 0.465 e. The van der Waals surface area contributed by atoms with Crippen LogP contribution in [0.25, 0.3) is 33.1 Å². The lowest BCUT2D eigenvalue weighted by Crippen LogP contribution is -2.36. The first-order valence-corrected chi connectivity index (χ1v) is 9.69. The lowest BCUT2D eigenvalue weighted by Gasteiger charge is -2.26. The number of furan rings is 1. The highest BCUT2D eigenvalue weighted by Crippen LogP contribution is 2.41. The second kappa shape index (κ2) is 7.42. The molecule has 0 N–H and O–H groups in total. The maximum Gasteiger partial charge on any atom is 0.344 e. The van der Waals surface area contributed by atoms with Crippen molar-refractivity contribution in [3.05, 3.63) is 59.9 Å². The van der Waals surface area contributed by atoms with Crippen LogP contribution in [0, 0.1) is 5.82 Å². The molecule has 0 aliphatic carbocycles. The maximum absolute atomic E-state index is 13.5. The third-order valence-electron chi connectivity index (χ3n) is 5.32. The van der Waals surface area contributed by atoms with Gasteiger partial charge in [0.05, 0.1) is 25.8 Å². The van der Waals surface area contributed by atoms with Gasteiger partial charge in [0.2, 0.25) is 5.88 Å². The second-order valence-electron chi connectivity index (χ2n) is 7.06. The predicted molar refractivity (Wildman–Crippen MR) is 111 cm³/mol. The number of methoxy groups -OCH3 is 1. The molecule has 4 aromatic rings. The van der Waals surface area contributed by atoms with Crippen LogP contribution >= 0.6 is 0 Å². The van der Waals surface area contributed by atoms with Gasteiger partial charge in [0, 0.05) is 29.4 Å². The van der Waals surface area contributed by atoms with E-state index in [9.17, 15) is 9.18 Å². The third kappa shape index (κ3) is 2.98. The summed E-state index contributed by atoms with van der Waals surface area (Å²) in [5.41, 5.74) is 2.81. The summed E-state index contributed by atoms with van der Waals surface area (Å²) < 4.78 is 30.4. The van der Waals surface area contributed by atoms with Crippen LogP contribution in [-0.4, -0.2) is 44.4 Å². The molecular formula is C23H19FN2O4. The molecule has 30 heavy (non-hydrogen) atoms. The molecule has 1 fully saturated rings. The molecule has 0 bridgehead atoms. The zero-order chi connectivity index (χ0) is 20.7. The topological polar surface area (TPSA) is 64.8 Å². The van der Waals surface area contributed by atoms with Crippen molar-refractivity contribution in [2.75, 3.05) is 38.3 Å². The Kier molecular flexibility index (Phi) is 4.59. The molecule has 6 nitrogen and oxygen atoms in total. The SMILES string of the molecule is COC(=O)c1c(N2CCOCC2)oc2c(-c3ccc(F)cc3)nc3ccccc3c12. The Balaban J connectivity index is 1.88. The average Bonchev–Trinajstić information content (AvgIpc) is 3.20. The minimum atomic E-state index is -0.475. The van der Waals surface area contributed by atoms with Crippen molar-refractivity contribution in [3.8, 4) is 11.3 Å². The van der Waals surface area contributed by atoms with Crippen LogP contribution in [0.15, 0.2) is 52.9 Å². The zero-order valence-corrected chi connectivity index (χ0v) is 16.4. The van der Waals surface area contributed by atoms with Gasteiger partial charge in [-0.1, -0.05) is 18.2 Å². The Morgan fingerprint density at radius 1 is 1.10 bits per heavy atom. The molecule has 7 heteroatoms. The first kappa shape index (κ1) is 18.6. The smallest absolute Gasteiger partial charge is 0.344 e.